The van der Waals surface area contributed by atoms with E-state index in [0.29, 0.717) is 12.1 Å². The van der Waals surface area contributed by atoms with Gasteiger partial charge in [-0.15, -0.1) is 11.3 Å². The minimum absolute atomic E-state index is 0.0391. The van der Waals surface area contributed by atoms with Gasteiger partial charge in [-0.3, -0.25) is 4.79 Å². The maximum absolute atomic E-state index is 15.8. The summed E-state index contributed by atoms with van der Waals surface area (Å²) in [4.78, 5) is 31.0. The predicted octanol–water partition coefficient (Wildman–Crippen LogP) is 5.95. The van der Waals surface area contributed by atoms with Gasteiger partial charge in [-0.05, 0) is 35.6 Å². The number of rotatable bonds is 8. The molecule has 0 bridgehead atoms. The van der Waals surface area contributed by atoms with Crippen molar-refractivity contribution in [1.29, 1.82) is 5.26 Å². The molecular weight excluding hydrogens is 605 g/mol. The summed E-state index contributed by atoms with van der Waals surface area (Å²) in [5, 5.41) is 18.5. The lowest BCUT2D eigenvalue weighted by Gasteiger charge is -2.37. The van der Waals surface area contributed by atoms with Crippen molar-refractivity contribution in [2.24, 2.45) is 5.41 Å². The first-order valence-corrected chi connectivity index (χ1v) is 14.8. The standard InChI is InChI=1S/C30H30Cl2F2N4O3S/c1-29(2,3)12-23-30(14-35,19-9-8-16(31)10-21(19)33)24(18-6-5-7-20(32)25(18)34)26(38-23)27(39)37-22(28(40)41-4)11-17-13-42-15-36-17/h5-10,13,15,22-24,26,38H,11-12H2,1-4H3,(H,37,39)/t22-,23+,24+,26-,30+/m0/s1. The molecule has 222 valence electrons. The molecule has 4 rings (SSSR count). The summed E-state index contributed by atoms with van der Waals surface area (Å²) in [5.74, 6) is -4.27. The average molecular weight is 636 g/mol. The third kappa shape index (κ3) is 6.30. The average Bonchev–Trinajstić information content (AvgIpc) is 3.55. The van der Waals surface area contributed by atoms with Crippen LogP contribution in [0, 0.1) is 28.4 Å². The summed E-state index contributed by atoms with van der Waals surface area (Å²) in [5.41, 5.74) is -0.108. The molecule has 0 unspecified atom stereocenters. The summed E-state index contributed by atoms with van der Waals surface area (Å²) >= 11 is 13.6. The lowest BCUT2D eigenvalue weighted by Crippen LogP contribution is -2.51. The number of amides is 1. The number of benzene rings is 2. The van der Waals surface area contributed by atoms with Crippen LogP contribution in [0.1, 0.15) is 49.9 Å². The Kier molecular flexibility index (Phi) is 9.58. The van der Waals surface area contributed by atoms with E-state index in [1.807, 2.05) is 20.8 Å². The second-order valence-electron chi connectivity index (χ2n) is 11.5. The molecule has 0 radical (unpaired) electrons. The fraction of sp³-hybridized carbons (Fsp3) is 0.400. The topological polar surface area (TPSA) is 104 Å². The van der Waals surface area contributed by atoms with E-state index in [-0.39, 0.29) is 27.6 Å². The number of nitrogens with zero attached hydrogens (tertiary/aromatic N) is 2. The number of thiazole rings is 1. The molecule has 0 spiro atoms. The van der Waals surface area contributed by atoms with Crippen LogP contribution >= 0.6 is 34.5 Å². The molecule has 0 saturated carbocycles. The van der Waals surface area contributed by atoms with Crippen molar-refractivity contribution in [2.45, 2.75) is 63.1 Å². The number of halogens is 4. The normalized spacial score (nSPS) is 22.8. The molecule has 2 heterocycles. The number of methoxy groups -OCH3 is 1. The van der Waals surface area contributed by atoms with E-state index in [9.17, 15) is 14.9 Å². The van der Waals surface area contributed by atoms with Gasteiger partial charge in [-0.2, -0.15) is 5.26 Å². The van der Waals surface area contributed by atoms with E-state index < -0.39 is 58.4 Å². The second kappa shape index (κ2) is 12.6. The molecule has 1 aliphatic heterocycles. The molecule has 1 fully saturated rings. The van der Waals surface area contributed by atoms with Crippen LogP contribution in [0.4, 0.5) is 8.78 Å². The van der Waals surface area contributed by atoms with E-state index >= 15 is 8.78 Å². The van der Waals surface area contributed by atoms with Gasteiger partial charge in [-0.1, -0.05) is 62.2 Å². The van der Waals surface area contributed by atoms with Gasteiger partial charge >= 0.3 is 5.97 Å². The Morgan fingerprint density at radius 2 is 2.00 bits per heavy atom. The second-order valence-corrected chi connectivity index (χ2v) is 13.0. The summed E-state index contributed by atoms with van der Waals surface area (Å²) in [6, 6.07) is 7.29. The number of carbonyl (C=O) groups excluding carboxylic acids is 2. The number of hydrogen-bond acceptors (Lipinski definition) is 7. The van der Waals surface area contributed by atoms with Crippen LogP contribution in [-0.2, 0) is 26.2 Å². The number of carbonyl (C=O) groups is 2. The van der Waals surface area contributed by atoms with Crippen LogP contribution in [0.2, 0.25) is 10.0 Å². The summed E-state index contributed by atoms with van der Waals surface area (Å²) in [6.07, 6.45) is 0.357. The number of hydrogen-bond donors (Lipinski definition) is 2. The van der Waals surface area contributed by atoms with Crippen LogP contribution in [0.5, 0.6) is 0 Å². The smallest absolute Gasteiger partial charge is 0.328 e. The highest BCUT2D eigenvalue weighted by Crippen LogP contribution is 2.52. The SMILES string of the molecule is COC(=O)[C@H](Cc1cscn1)NC(=O)[C@H]1N[C@H](CC(C)(C)C)[C@@](C#N)(c2ccc(Cl)cc2F)[C@@H]1c1cccc(Cl)c1F. The van der Waals surface area contributed by atoms with E-state index in [4.69, 9.17) is 27.9 Å². The molecule has 0 aliphatic carbocycles. The van der Waals surface area contributed by atoms with Gasteiger partial charge in [0.2, 0.25) is 5.91 Å². The summed E-state index contributed by atoms with van der Waals surface area (Å²) in [6.45, 7) is 5.83. The Bertz CT molecular complexity index is 1510. The fourth-order valence-corrected chi connectivity index (χ4v) is 6.61. The minimum Gasteiger partial charge on any atom is -0.467 e. The van der Waals surface area contributed by atoms with Crippen molar-refractivity contribution < 1.29 is 23.1 Å². The molecule has 1 aliphatic rings. The monoisotopic (exact) mass is 634 g/mol. The first kappa shape index (κ1) is 31.8. The highest BCUT2D eigenvalue weighted by molar-refractivity contribution is 7.07. The fourth-order valence-electron chi connectivity index (χ4n) is 5.70. The molecule has 1 amide bonds. The maximum Gasteiger partial charge on any atom is 0.328 e. The zero-order chi connectivity index (χ0) is 30.8. The zero-order valence-electron chi connectivity index (χ0n) is 23.4. The van der Waals surface area contributed by atoms with Gasteiger partial charge in [0, 0.05) is 34.3 Å². The van der Waals surface area contributed by atoms with Crippen molar-refractivity contribution in [1.82, 2.24) is 15.6 Å². The Labute approximate surface area is 257 Å². The lowest BCUT2D eigenvalue weighted by atomic mass is 9.62. The van der Waals surface area contributed by atoms with Crippen LogP contribution in [0.25, 0.3) is 0 Å². The lowest BCUT2D eigenvalue weighted by molar-refractivity contribution is -0.145. The van der Waals surface area contributed by atoms with Crippen LogP contribution in [0.15, 0.2) is 47.3 Å². The molecule has 1 aromatic heterocycles. The van der Waals surface area contributed by atoms with Crippen LogP contribution in [-0.4, -0.2) is 42.1 Å². The van der Waals surface area contributed by atoms with Gasteiger partial charge in [0.15, 0.2) is 0 Å². The largest absolute Gasteiger partial charge is 0.467 e. The number of nitrogens with one attached hydrogen (secondary N) is 2. The number of aromatic nitrogens is 1. The van der Waals surface area contributed by atoms with Crippen molar-refractivity contribution in [2.75, 3.05) is 7.11 Å². The highest BCUT2D eigenvalue weighted by Gasteiger charge is 2.61. The molecule has 12 heteroatoms. The minimum atomic E-state index is -1.79. The number of ether oxygens (including phenoxy) is 1. The highest BCUT2D eigenvalue weighted by atomic mass is 35.5. The summed E-state index contributed by atoms with van der Waals surface area (Å²) in [7, 11) is 1.20. The Balaban J connectivity index is 1.91. The molecule has 5 atom stereocenters. The first-order chi connectivity index (χ1) is 19.8. The molecule has 42 heavy (non-hydrogen) atoms. The third-order valence-corrected chi connectivity index (χ3v) is 8.59. The quantitative estimate of drug-likeness (QED) is 0.297. The molecule has 1 saturated heterocycles. The number of nitriles is 1. The van der Waals surface area contributed by atoms with E-state index in [2.05, 4.69) is 21.7 Å². The van der Waals surface area contributed by atoms with E-state index in [0.717, 1.165) is 6.07 Å². The van der Waals surface area contributed by atoms with Crippen LogP contribution in [0.3, 0.4) is 0 Å². The molecule has 2 N–H and O–H groups in total. The van der Waals surface area contributed by atoms with Crippen molar-refractivity contribution in [3.05, 3.63) is 85.8 Å². The van der Waals surface area contributed by atoms with Gasteiger partial charge in [-0.25, -0.2) is 18.6 Å². The number of esters is 1. The Morgan fingerprint density at radius 1 is 1.26 bits per heavy atom. The maximum atomic E-state index is 15.8. The Hall–Kier alpha value is -3.10. The zero-order valence-corrected chi connectivity index (χ0v) is 25.7. The van der Waals surface area contributed by atoms with Crippen molar-refractivity contribution >= 4 is 46.4 Å². The molecule has 3 aromatic rings. The first-order valence-electron chi connectivity index (χ1n) is 13.1. The van der Waals surface area contributed by atoms with Gasteiger partial charge in [0.25, 0.3) is 0 Å². The van der Waals surface area contributed by atoms with Crippen molar-refractivity contribution in [3.63, 3.8) is 0 Å². The van der Waals surface area contributed by atoms with E-state index in [1.165, 1.54) is 48.8 Å². The van der Waals surface area contributed by atoms with Gasteiger partial charge in [0.05, 0.1) is 35.4 Å². The predicted molar refractivity (Wildman–Crippen MR) is 157 cm³/mol. The summed E-state index contributed by atoms with van der Waals surface area (Å²) < 4.78 is 36.5. The Morgan fingerprint density at radius 3 is 2.60 bits per heavy atom. The van der Waals surface area contributed by atoms with E-state index in [1.54, 1.807) is 10.9 Å². The van der Waals surface area contributed by atoms with Gasteiger partial charge < -0.3 is 15.4 Å². The third-order valence-electron chi connectivity index (χ3n) is 7.43. The molecule has 2 aromatic carbocycles. The van der Waals surface area contributed by atoms with Gasteiger partial charge in [0.1, 0.15) is 23.1 Å². The molecular formula is C30H30Cl2F2N4O3S. The van der Waals surface area contributed by atoms with Crippen LogP contribution < -0.4 is 10.6 Å². The molecule has 7 nitrogen and oxygen atoms in total. The van der Waals surface area contributed by atoms with Crippen molar-refractivity contribution in [3.8, 4) is 6.07 Å².